The number of carbonyl (C=O) groups is 2. The van der Waals surface area contributed by atoms with Gasteiger partial charge in [-0.15, -0.1) is 0 Å². The van der Waals surface area contributed by atoms with Crippen molar-refractivity contribution in [2.24, 2.45) is 5.92 Å². The van der Waals surface area contributed by atoms with Crippen LogP contribution >= 0.6 is 0 Å². The molecule has 1 aliphatic heterocycles. The van der Waals surface area contributed by atoms with E-state index in [2.05, 4.69) is 25.2 Å². The Bertz CT molecular complexity index is 1100. The molecule has 1 fully saturated rings. The zero-order chi connectivity index (χ0) is 22.7. The number of aromatic nitrogens is 3. The third-order valence-electron chi connectivity index (χ3n) is 5.76. The lowest BCUT2D eigenvalue weighted by atomic mass is 10.0. The maximum Gasteiger partial charge on any atom is 0.325 e. The molecular formula is C23H28N6O3. The molecular weight excluding hydrogens is 408 g/mol. The number of amides is 1. The van der Waals surface area contributed by atoms with Crippen LogP contribution in [0.3, 0.4) is 0 Å². The highest BCUT2D eigenvalue weighted by Gasteiger charge is 2.31. The molecule has 3 heterocycles. The number of anilines is 2. The zero-order valence-corrected chi connectivity index (χ0v) is 18.3. The first-order valence-corrected chi connectivity index (χ1v) is 10.8. The highest BCUT2D eigenvalue weighted by Crippen LogP contribution is 2.31. The number of fused-ring (bicyclic) bond motifs is 1. The summed E-state index contributed by atoms with van der Waals surface area (Å²) in [5, 5.41) is 13.8. The summed E-state index contributed by atoms with van der Waals surface area (Å²) in [5.74, 6) is -0.391. The average molecular weight is 437 g/mol. The van der Waals surface area contributed by atoms with Gasteiger partial charge in [-0.05, 0) is 24.6 Å². The Morgan fingerprint density at radius 3 is 2.62 bits per heavy atom. The standard InChI is InChI=1S/C23H28N6O3/c1-15(2)21(30)27-16-5-6-17-18(14-26-19(17)13-16)20(22(31)32)28-9-4-10-29(12-11-28)23-24-7-3-8-25-23/h3,5-8,13-15,20,26H,4,9-12H2,1-2H3,(H,27,30)(H,31,32)/t20-/m0/s1. The van der Waals surface area contributed by atoms with Crippen molar-refractivity contribution in [1.82, 2.24) is 19.9 Å². The number of H-pyrrole nitrogens is 1. The Hall–Kier alpha value is -3.46. The Labute approximate surface area is 186 Å². The van der Waals surface area contributed by atoms with E-state index in [1.54, 1.807) is 24.7 Å². The molecule has 9 heteroatoms. The van der Waals surface area contributed by atoms with Crippen LogP contribution in [0.25, 0.3) is 10.9 Å². The molecule has 1 saturated heterocycles. The molecule has 3 N–H and O–H groups in total. The summed E-state index contributed by atoms with van der Waals surface area (Å²) in [4.78, 5) is 40.3. The zero-order valence-electron chi connectivity index (χ0n) is 18.3. The molecule has 1 aliphatic rings. The second-order valence-corrected chi connectivity index (χ2v) is 8.31. The molecule has 2 aromatic heterocycles. The van der Waals surface area contributed by atoms with Gasteiger partial charge in [-0.1, -0.05) is 19.9 Å². The van der Waals surface area contributed by atoms with Crippen molar-refractivity contribution in [3.63, 3.8) is 0 Å². The van der Waals surface area contributed by atoms with E-state index < -0.39 is 12.0 Å². The van der Waals surface area contributed by atoms with E-state index >= 15 is 0 Å². The second kappa shape index (κ2) is 9.35. The van der Waals surface area contributed by atoms with Crippen LogP contribution in [-0.4, -0.2) is 63.0 Å². The van der Waals surface area contributed by atoms with Crippen LogP contribution in [-0.2, 0) is 9.59 Å². The van der Waals surface area contributed by atoms with E-state index in [0.29, 0.717) is 31.3 Å². The lowest BCUT2D eigenvalue weighted by Crippen LogP contribution is -2.37. The van der Waals surface area contributed by atoms with Crippen LogP contribution in [0.4, 0.5) is 11.6 Å². The van der Waals surface area contributed by atoms with Gasteiger partial charge in [0.15, 0.2) is 0 Å². The number of rotatable bonds is 6. The first kappa shape index (κ1) is 21.8. The van der Waals surface area contributed by atoms with E-state index in [1.807, 2.05) is 36.9 Å². The first-order chi connectivity index (χ1) is 15.4. The highest BCUT2D eigenvalue weighted by atomic mass is 16.4. The molecule has 3 aromatic rings. The summed E-state index contributed by atoms with van der Waals surface area (Å²) in [6, 6.07) is 6.54. The Morgan fingerprint density at radius 1 is 1.12 bits per heavy atom. The van der Waals surface area contributed by atoms with E-state index in [0.717, 1.165) is 29.4 Å². The molecule has 168 valence electrons. The van der Waals surface area contributed by atoms with Crippen molar-refractivity contribution >= 4 is 34.4 Å². The molecule has 0 unspecified atom stereocenters. The van der Waals surface area contributed by atoms with Gasteiger partial charge in [-0.25, -0.2) is 9.97 Å². The fourth-order valence-electron chi connectivity index (χ4n) is 4.08. The number of hydrogen-bond donors (Lipinski definition) is 3. The van der Waals surface area contributed by atoms with Crippen molar-refractivity contribution in [3.8, 4) is 0 Å². The SMILES string of the molecule is CC(C)C(=O)Nc1ccc2c([C@@H](C(=O)O)N3CCCN(c4ncccn4)CC3)c[nH]c2c1. The lowest BCUT2D eigenvalue weighted by molar-refractivity contribution is -0.143. The molecule has 1 aromatic carbocycles. The molecule has 0 saturated carbocycles. The van der Waals surface area contributed by atoms with Crippen molar-refractivity contribution in [2.45, 2.75) is 26.3 Å². The minimum atomic E-state index is -0.882. The molecule has 4 rings (SSSR count). The number of aliphatic carboxylic acids is 1. The van der Waals surface area contributed by atoms with E-state index in [9.17, 15) is 14.7 Å². The van der Waals surface area contributed by atoms with Gasteiger partial charge >= 0.3 is 5.97 Å². The van der Waals surface area contributed by atoms with Crippen LogP contribution in [0.5, 0.6) is 0 Å². The fraction of sp³-hybridized carbons (Fsp3) is 0.391. The van der Waals surface area contributed by atoms with Crippen LogP contribution in [0, 0.1) is 5.92 Å². The van der Waals surface area contributed by atoms with Crippen molar-refractivity contribution in [1.29, 1.82) is 0 Å². The smallest absolute Gasteiger partial charge is 0.325 e. The number of nitrogens with one attached hydrogen (secondary N) is 2. The predicted molar refractivity (Wildman–Crippen MR) is 123 cm³/mol. The topological polar surface area (TPSA) is 114 Å². The van der Waals surface area contributed by atoms with Gasteiger partial charge in [0.1, 0.15) is 6.04 Å². The first-order valence-electron chi connectivity index (χ1n) is 10.8. The predicted octanol–water partition coefficient (Wildman–Crippen LogP) is 2.89. The van der Waals surface area contributed by atoms with Gasteiger partial charge in [0.25, 0.3) is 0 Å². The van der Waals surface area contributed by atoms with Crippen LogP contribution in [0.2, 0.25) is 0 Å². The monoisotopic (exact) mass is 436 g/mol. The summed E-state index contributed by atoms with van der Waals surface area (Å²) in [5.41, 5.74) is 2.20. The second-order valence-electron chi connectivity index (χ2n) is 8.31. The van der Waals surface area contributed by atoms with Gasteiger partial charge in [-0.3, -0.25) is 14.5 Å². The number of carbonyl (C=O) groups excluding carboxylic acids is 1. The Morgan fingerprint density at radius 2 is 1.91 bits per heavy atom. The third-order valence-corrected chi connectivity index (χ3v) is 5.76. The maximum absolute atomic E-state index is 12.3. The molecule has 1 atom stereocenters. The summed E-state index contributed by atoms with van der Waals surface area (Å²) in [6.45, 7) is 6.36. The van der Waals surface area contributed by atoms with Crippen LogP contribution in [0.1, 0.15) is 31.9 Å². The largest absolute Gasteiger partial charge is 0.480 e. The van der Waals surface area contributed by atoms with Gasteiger partial charge in [0.2, 0.25) is 11.9 Å². The summed E-state index contributed by atoms with van der Waals surface area (Å²) < 4.78 is 0. The average Bonchev–Trinajstić information content (AvgIpc) is 3.02. The molecule has 9 nitrogen and oxygen atoms in total. The molecule has 0 radical (unpaired) electrons. The summed E-state index contributed by atoms with van der Waals surface area (Å²) in [6.07, 6.45) is 6.01. The minimum Gasteiger partial charge on any atom is -0.480 e. The molecule has 1 amide bonds. The third kappa shape index (κ3) is 4.57. The number of carboxylic acids is 1. The maximum atomic E-state index is 12.3. The van der Waals surface area contributed by atoms with E-state index in [1.165, 1.54) is 0 Å². The number of aromatic amines is 1. The van der Waals surface area contributed by atoms with Gasteiger partial charge in [0.05, 0.1) is 0 Å². The van der Waals surface area contributed by atoms with Crippen molar-refractivity contribution in [3.05, 3.63) is 48.4 Å². The van der Waals surface area contributed by atoms with Gasteiger partial charge < -0.3 is 20.3 Å². The van der Waals surface area contributed by atoms with E-state index in [-0.39, 0.29) is 11.8 Å². The molecule has 0 spiro atoms. The lowest BCUT2D eigenvalue weighted by Gasteiger charge is -2.27. The van der Waals surface area contributed by atoms with Crippen molar-refractivity contribution in [2.75, 3.05) is 36.4 Å². The number of nitrogens with zero attached hydrogens (tertiary/aromatic N) is 4. The van der Waals surface area contributed by atoms with Crippen LogP contribution < -0.4 is 10.2 Å². The summed E-state index contributed by atoms with van der Waals surface area (Å²) in [7, 11) is 0. The fourth-order valence-corrected chi connectivity index (χ4v) is 4.08. The van der Waals surface area contributed by atoms with Crippen molar-refractivity contribution < 1.29 is 14.7 Å². The number of carboxylic acid groups (broad SMARTS) is 1. The quantitative estimate of drug-likeness (QED) is 0.544. The van der Waals surface area contributed by atoms with Gasteiger partial charge in [-0.2, -0.15) is 0 Å². The Balaban J connectivity index is 1.56. The number of hydrogen-bond acceptors (Lipinski definition) is 6. The molecule has 0 bridgehead atoms. The molecule has 0 aliphatic carbocycles. The summed E-state index contributed by atoms with van der Waals surface area (Å²) >= 11 is 0. The number of benzene rings is 1. The van der Waals surface area contributed by atoms with Gasteiger partial charge in [0, 0.05) is 72.8 Å². The molecule has 32 heavy (non-hydrogen) atoms. The normalized spacial score (nSPS) is 16.2. The Kier molecular flexibility index (Phi) is 6.36. The minimum absolute atomic E-state index is 0.0592. The highest BCUT2D eigenvalue weighted by molar-refractivity contribution is 5.96. The van der Waals surface area contributed by atoms with E-state index in [4.69, 9.17) is 0 Å². The van der Waals surface area contributed by atoms with Crippen LogP contribution in [0.15, 0.2) is 42.9 Å².